The molecule has 6 nitrogen and oxygen atoms in total. The summed E-state index contributed by atoms with van der Waals surface area (Å²) in [4.78, 5) is 11.7. The van der Waals surface area contributed by atoms with Gasteiger partial charge in [-0.25, -0.2) is 9.97 Å². The zero-order valence-corrected chi connectivity index (χ0v) is 15.8. The molecule has 1 fully saturated rings. The van der Waals surface area contributed by atoms with E-state index in [9.17, 15) is 0 Å². The number of ether oxygens (including phenoxy) is 3. The summed E-state index contributed by atoms with van der Waals surface area (Å²) < 4.78 is 16.4. The Bertz CT molecular complexity index is 799. The van der Waals surface area contributed by atoms with Gasteiger partial charge in [-0.05, 0) is 37.5 Å². The van der Waals surface area contributed by atoms with Crippen LogP contribution < -0.4 is 14.2 Å². The van der Waals surface area contributed by atoms with Crippen LogP contribution in [0.1, 0.15) is 41.5 Å². The van der Waals surface area contributed by atoms with Crippen LogP contribution in [0.15, 0.2) is 18.3 Å². The smallest absolute Gasteiger partial charge is 0.203 e. The number of nitrogens with zero attached hydrogens (tertiary/aromatic N) is 3. The van der Waals surface area contributed by atoms with Crippen molar-refractivity contribution in [2.45, 2.75) is 44.8 Å². The third-order valence-corrected chi connectivity index (χ3v) is 5.54. The summed E-state index contributed by atoms with van der Waals surface area (Å²) in [5.74, 6) is 2.90. The van der Waals surface area contributed by atoms with Crippen molar-refractivity contribution in [3.8, 4) is 17.2 Å². The molecule has 0 radical (unpaired) electrons. The molecule has 6 heteroatoms. The van der Waals surface area contributed by atoms with Gasteiger partial charge >= 0.3 is 0 Å². The second-order valence-electron chi connectivity index (χ2n) is 6.98. The van der Waals surface area contributed by atoms with E-state index < -0.39 is 0 Å². The van der Waals surface area contributed by atoms with E-state index >= 15 is 0 Å². The first-order valence-electron chi connectivity index (χ1n) is 9.01. The molecule has 1 aromatic heterocycles. The number of benzene rings is 1. The lowest BCUT2D eigenvalue weighted by Crippen LogP contribution is -2.37. The molecule has 0 N–H and O–H groups in total. The van der Waals surface area contributed by atoms with E-state index in [1.54, 1.807) is 21.3 Å². The first kappa shape index (κ1) is 17.1. The Labute approximate surface area is 154 Å². The summed E-state index contributed by atoms with van der Waals surface area (Å²) in [6, 6.07) is 5.01. The van der Waals surface area contributed by atoms with Crippen molar-refractivity contribution >= 4 is 0 Å². The Balaban J connectivity index is 1.65. The highest BCUT2D eigenvalue weighted by molar-refractivity contribution is 5.54. The Morgan fingerprint density at radius 1 is 1.08 bits per heavy atom. The molecule has 0 aliphatic carbocycles. The van der Waals surface area contributed by atoms with Crippen LogP contribution in [0.3, 0.4) is 0 Å². The fraction of sp³-hybridized carbons (Fsp3) is 0.500. The van der Waals surface area contributed by atoms with Crippen molar-refractivity contribution in [1.82, 2.24) is 14.9 Å². The molecule has 1 aromatic carbocycles. The second kappa shape index (κ2) is 6.76. The minimum absolute atomic E-state index is 0.392. The van der Waals surface area contributed by atoms with Crippen LogP contribution in [0.4, 0.5) is 0 Å². The third kappa shape index (κ3) is 2.78. The molecule has 4 rings (SSSR count). The maximum atomic E-state index is 5.50. The number of methoxy groups -OCH3 is 3. The van der Waals surface area contributed by atoms with E-state index in [1.807, 2.05) is 25.3 Å². The normalized spacial score (nSPS) is 21.4. The second-order valence-corrected chi connectivity index (χ2v) is 6.98. The summed E-state index contributed by atoms with van der Waals surface area (Å²) in [6.45, 7) is 2.81. The van der Waals surface area contributed by atoms with E-state index in [0.29, 0.717) is 29.3 Å². The molecule has 2 bridgehead atoms. The highest BCUT2D eigenvalue weighted by atomic mass is 16.5. The Morgan fingerprint density at radius 2 is 1.81 bits per heavy atom. The van der Waals surface area contributed by atoms with Gasteiger partial charge in [-0.3, -0.25) is 4.90 Å². The average molecular weight is 355 g/mol. The Kier molecular flexibility index (Phi) is 4.44. The number of aromatic nitrogens is 2. The van der Waals surface area contributed by atoms with Crippen molar-refractivity contribution in [2.24, 2.45) is 0 Å². The molecule has 138 valence electrons. The summed E-state index contributed by atoms with van der Waals surface area (Å²) in [5.41, 5.74) is 3.68. The van der Waals surface area contributed by atoms with Crippen LogP contribution in [0.5, 0.6) is 17.2 Å². The monoisotopic (exact) mass is 355 g/mol. The van der Waals surface area contributed by atoms with E-state index in [-0.39, 0.29) is 0 Å². The van der Waals surface area contributed by atoms with E-state index in [0.717, 1.165) is 30.8 Å². The van der Waals surface area contributed by atoms with Crippen LogP contribution in [-0.4, -0.2) is 42.2 Å². The van der Waals surface area contributed by atoms with Gasteiger partial charge in [0, 0.05) is 36.8 Å². The predicted molar refractivity (Wildman–Crippen MR) is 97.9 cm³/mol. The fourth-order valence-corrected chi connectivity index (χ4v) is 4.36. The van der Waals surface area contributed by atoms with Crippen molar-refractivity contribution in [1.29, 1.82) is 0 Å². The molecule has 0 spiro atoms. The van der Waals surface area contributed by atoms with Gasteiger partial charge in [0.2, 0.25) is 5.75 Å². The van der Waals surface area contributed by atoms with E-state index in [2.05, 4.69) is 14.9 Å². The first-order chi connectivity index (χ1) is 12.6. The van der Waals surface area contributed by atoms with Crippen molar-refractivity contribution in [2.75, 3.05) is 21.3 Å². The lowest BCUT2D eigenvalue weighted by atomic mass is 9.98. The number of fused-ring (bicyclic) bond motifs is 4. The van der Waals surface area contributed by atoms with Crippen LogP contribution in [0.25, 0.3) is 0 Å². The topological polar surface area (TPSA) is 56.7 Å². The third-order valence-electron chi connectivity index (χ3n) is 5.54. The minimum Gasteiger partial charge on any atom is -0.493 e. The number of rotatable bonds is 5. The van der Waals surface area contributed by atoms with Gasteiger partial charge in [-0.2, -0.15) is 0 Å². The SMILES string of the molecule is COc1cc(CN2[C@H]3CC[C@H]2c2cnc(C)nc2C3)cc(OC)c1OC. The van der Waals surface area contributed by atoms with Gasteiger partial charge in [-0.15, -0.1) is 0 Å². The van der Waals surface area contributed by atoms with Crippen LogP contribution in [-0.2, 0) is 13.0 Å². The lowest BCUT2D eigenvalue weighted by Gasteiger charge is -2.35. The lowest BCUT2D eigenvalue weighted by molar-refractivity contribution is 0.165. The molecule has 0 saturated carbocycles. The molecule has 1 saturated heterocycles. The molecule has 2 aromatic rings. The molecular formula is C20H25N3O3. The molecule has 0 amide bonds. The van der Waals surface area contributed by atoms with E-state index in [1.165, 1.54) is 17.7 Å². The summed E-state index contributed by atoms with van der Waals surface area (Å²) in [5, 5.41) is 0. The highest BCUT2D eigenvalue weighted by Crippen LogP contribution is 2.45. The standard InChI is InChI=1S/C20H25N3O3/c1-12-21-10-15-16(22-12)9-14-5-6-17(15)23(14)11-13-7-18(24-2)20(26-4)19(8-13)25-3/h7-8,10,14,17H,5-6,9,11H2,1-4H3/t14-,17-/m0/s1. The van der Waals surface area contributed by atoms with E-state index in [4.69, 9.17) is 14.2 Å². The maximum absolute atomic E-state index is 5.50. The van der Waals surface area contributed by atoms with Gasteiger partial charge < -0.3 is 14.2 Å². The van der Waals surface area contributed by atoms with Gasteiger partial charge in [0.05, 0.1) is 27.0 Å². The van der Waals surface area contributed by atoms with Gasteiger partial charge in [-0.1, -0.05) is 0 Å². The maximum Gasteiger partial charge on any atom is 0.203 e. The number of hydrogen-bond donors (Lipinski definition) is 0. The molecule has 26 heavy (non-hydrogen) atoms. The molecule has 0 unspecified atom stereocenters. The Hall–Kier alpha value is -2.34. The predicted octanol–water partition coefficient (Wildman–Crippen LogP) is 3.07. The number of hydrogen-bond acceptors (Lipinski definition) is 6. The van der Waals surface area contributed by atoms with Gasteiger partial charge in [0.1, 0.15) is 5.82 Å². The zero-order chi connectivity index (χ0) is 18.3. The molecule has 2 atom stereocenters. The summed E-state index contributed by atoms with van der Waals surface area (Å²) >= 11 is 0. The molecule has 3 heterocycles. The van der Waals surface area contributed by atoms with Crippen LogP contribution >= 0.6 is 0 Å². The van der Waals surface area contributed by atoms with Crippen molar-refractivity contribution in [3.05, 3.63) is 41.0 Å². The van der Waals surface area contributed by atoms with Crippen molar-refractivity contribution in [3.63, 3.8) is 0 Å². The van der Waals surface area contributed by atoms with Gasteiger partial charge in [0.25, 0.3) is 0 Å². The minimum atomic E-state index is 0.392. The van der Waals surface area contributed by atoms with Crippen LogP contribution in [0, 0.1) is 6.92 Å². The molecular weight excluding hydrogens is 330 g/mol. The quantitative estimate of drug-likeness (QED) is 0.822. The molecule has 2 aliphatic rings. The zero-order valence-electron chi connectivity index (χ0n) is 15.8. The van der Waals surface area contributed by atoms with Gasteiger partial charge in [0.15, 0.2) is 11.5 Å². The molecule has 2 aliphatic heterocycles. The summed E-state index contributed by atoms with van der Waals surface area (Å²) in [7, 11) is 4.94. The number of aryl methyl sites for hydroxylation is 1. The fourth-order valence-electron chi connectivity index (χ4n) is 4.36. The Morgan fingerprint density at radius 3 is 2.46 bits per heavy atom. The highest BCUT2D eigenvalue weighted by Gasteiger charge is 2.40. The van der Waals surface area contributed by atoms with Crippen molar-refractivity contribution < 1.29 is 14.2 Å². The average Bonchev–Trinajstić information content (AvgIpc) is 2.92. The summed E-state index contributed by atoms with van der Waals surface area (Å²) in [6.07, 6.45) is 5.38. The first-order valence-corrected chi connectivity index (χ1v) is 9.01. The largest absolute Gasteiger partial charge is 0.493 e. The van der Waals surface area contributed by atoms with Crippen LogP contribution in [0.2, 0.25) is 0 Å².